The van der Waals surface area contributed by atoms with Crippen molar-refractivity contribution in [1.82, 2.24) is 19.9 Å². The number of likely N-dealkylation sites (tertiary alicyclic amines) is 1. The summed E-state index contributed by atoms with van der Waals surface area (Å²) in [6.45, 7) is 5.41. The summed E-state index contributed by atoms with van der Waals surface area (Å²) in [5.74, 6) is 1.84. The molecule has 5 nitrogen and oxygen atoms in total. The minimum atomic E-state index is 0.459. The normalized spacial score (nSPS) is 17.6. The lowest BCUT2D eigenvalue weighted by atomic mass is 9.93. The number of rotatable bonds is 5. The Bertz CT molecular complexity index is 881. The number of pyridine rings is 1. The molecule has 0 spiro atoms. The van der Waals surface area contributed by atoms with E-state index in [4.69, 9.17) is 4.98 Å². The maximum absolute atomic E-state index is 4.83. The van der Waals surface area contributed by atoms with E-state index in [1.54, 1.807) is 18.5 Å². The van der Waals surface area contributed by atoms with Gasteiger partial charge in [-0.3, -0.25) is 4.90 Å². The third kappa shape index (κ3) is 4.49. The van der Waals surface area contributed by atoms with Crippen LogP contribution in [0.3, 0.4) is 0 Å². The van der Waals surface area contributed by atoms with Gasteiger partial charge in [-0.2, -0.15) is 0 Å². The second kappa shape index (κ2) is 8.27. The molecule has 1 N–H and O–H groups in total. The van der Waals surface area contributed by atoms with E-state index < -0.39 is 0 Å². The quantitative estimate of drug-likeness (QED) is 0.736. The van der Waals surface area contributed by atoms with Gasteiger partial charge < -0.3 is 5.32 Å². The molecule has 1 saturated heterocycles. The fourth-order valence-corrected chi connectivity index (χ4v) is 3.70. The molecule has 1 fully saturated rings. The predicted octanol–water partition coefficient (Wildman–Crippen LogP) is 4.30. The summed E-state index contributed by atoms with van der Waals surface area (Å²) in [7, 11) is 0. The van der Waals surface area contributed by atoms with Crippen LogP contribution in [0.15, 0.2) is 60.9 Å². The highest BCUT2D eigenvalue weighted by molar-refractivity contribution is 5.47. The van der Waals surface area contributed by atoms with Crippen LogP contribution in [0.25, 0.3) is 0 Å². The molecule has 0 amide bonds. The number of aryl methyl sites for hydroxylation is 1. The van der Waals surface area contributed by atoms with Gasteiger partial charge in [-0.1, -0.05) is 30.3 Å². The van der Waals surface area contributed by atoms with Crippen molar-refractivity contribution in [3.63, 3.8) is 0 Å². The first-order valence-electron chi connectivity index (χ1n) is 9.56. The van der Waals surface area contributed by atoms with Gasteiger partial charge in [0.25, 0.3) is 0 Å². The molecule has 5 heteroatoms. The molecule has 0 radical (unpaired) electrons. The lowest BCUT2D eigenvalue weighted by molar-refractivity contribution is 0.198. The lowest BCUT2D eigenvalue weighted by Crippen LogP contribution is -2.34. The van der Waals surface area contributed by atoms with Crippen molar-refractivity contribution in [1.29, 1.82) is 0 Å². The zero-order chi connectivity index (χ0) is 18.5. The van der Waals surface area contributed by atoms with E-state index in [2.05, 4.69) is 63.5 Å². The molecule has 2 aromatic heterocycles. The van der Waals surface area contributed by atoms with Gasteiger partial charge >= 0.3 is 0 Å². The van der Waals surface area contributed by atoms with Crippen molar-refractivity contribution in [2.75, 3.05) is 18.4 Å². The van der Waals surface area contributed by atoms with Crippen LogP contribution >= 0.6 is 0 Å². The Kier molecular flexibility index (Phi) is 5.39. The van der Waals surface area contributed by atoms with Crippen LogP contribution in [-0.4, -0.2) is 32.9 Å². The first-order valence-corrected chi connectivity index (χ1v) is 9.56. The molecule has 0 unspecified atom stereocenters. The molecule has 3 heterocycles. The first kappa shape index (κ1) is 17.6. The Labute approximate surface area is 160 Å². The number of benzene rings is 1. The number of anilines is 2. The fourth-order valence-electron chi connectivity index (χ4n) is 3.70. The molecule has 0 aliphatic carbocycles. The topological polar surface area (TPSA) is 53.9 Å². The Morgan fingerprint density at radius 1 is 1.04 bits per heavy atom. The van der Waals surface area contributed by atoms with Crippen LogP contribution in [0.4, 0.5) is 11.8 Å². The van der Waals surface area contributed by atoms with Crippen molar-refractivity contribution in [3.05, 3.63) is 77.7 Å². The molecule has 138 valence electrons. The fraction of sp³-hybridized carbons (Fsp3) is 0.318. The summed E-state index contributed by atoms with van der Waals surface area (Å²) in [5.41, 5.74) is 3.93. The Morgan fingerprint density at radius 2 is 1.89 bits per heavy atom. The SMILES string of the molecule is Cc1ccccc1CN1CCC[C@@H](c2cccc(Nc3ncccn3)n2)C1. The average Bonchev–Trinajstić information content (AvgIpc) is 2.71. The summed E-state index contributed by atoms with van der Waals surface area (Å²) >= 11 is 0. The number of hydrogen-bond donors (Lipinski definition) is 1. The Hall–Kier alpha value is -2.79. The van der Waals surface area contributed by atoms with Gasteiger partial charge in [-0.15, -0.1) is 0 Å². The van der Waals surface area contributed by atoms with E-state index in [1.807, 2.05) is 6.07 Å². The molecule has 27 heavy (non-hydrogen) atoms. The third-order valence-electron chi connectivity index (χ3n) is 5.16. The molecule has 0 saturated carbocycles. The van der Waals surface area contributed by atoms with E-state index in [0.717, 1.165) is 31.1 Å². The molecule has 3 aromatic rings. The second-order valence-electron chi connectivity index (χ2n) is 7.15. The molecule has 1 aliphatic rings. The van der Waals surface area contributed by atoms with Crippen molar-refractivity contribution in [2.24, 2.45) is 0 Å². The van der Waals surface area contributed by atoms with Crippen molar-refractivity contribution < 1.29 is 0 Å². The number of aromatic nitrogens is 3. The van der Waals surface area contributed by atoms with Gasteiger partial charge in [0.2, 0.25) is 5.95 Å². The molecular weight excluding hydrogens is 334 g/mol. The zero-order valence-electron chi connectivity index (χ0n) is 15.7. The first-order chi connectivity index (χ1) is 13.3. The highest BCUT2D eigenvalue weighted by Crippen LogP contribution is 2.28. The van der Waals surface area contributed by atoms with Crippen LogP contribution in [0.2, 0.25) is 0 Å². The maximum atomic E-state index is 4.83. The summed E-state index contributed by atoms with van der Waals surface area (Å²) in [4.78, 5) is 15.8. The van der Waals surface area contributed by atoms with Gasteiger partial charge in [0.1, 0.15) is 5.82 Å². The van der Waals surface area contributed by atoms with Crippen LogP contribution in [0, 0.1) is 6.92 Å². The van der Waals surface area contributed by atoms with Gasteiger partial charge in [0, 0.05) is 37.1 Å². The Balaban J connectivity index is 1.45. The molecule has 1 aromatic carbocycles. The van der Waals surface area contributed by atoms with Crippen molar-refractivity contribution in [2.45, 2.75) is 32.2 Å². The van der Waals surface area contributed by atoms with Crippen LogP contribution < -0.4 is 5.32 Å². The van der Waals surface area contributed by atoms with Crippen LogP contribution in [0.1, 0.15) is 35.6 Å². The lowest BCUT2D eigenvalue weighted by Gasteiger charge is -2.33. The van der Waals surface area contributed by atoms with E-state index in [1.165, 1.54) is 24.0 Å². The minimum absolute atomic E-state index is 0.459. The van der Waals surface area contributed by atoms with E-state index in [9.17, 15) is 0 Å². The standard InChI is InChI=1S/C22H25N5/c1-17-7-2-3-8-18(17)15-27-14-5-9-19(16-27)20-10-4-11-21(25-20)26-22-23-12-6-13-24-22/h2-4,6-8,10-13,19H,5,9,14-16H2,1H3,(H,23,24,25,26)/t19-/m1/s1. The maximum Gasteiger partial charge on any atom is 0.228 e. The minimum Gasteiger partial charge on any atom is -0.309 e. The van der Waals surface area contributed by atoms with Gasteiger partial charge in [-0.05, 0) is 55.6 Å². The summed E-state index contributed by atoms with van der Waals surface area (Å²) in [6, 6.07) is 16.6. The zero-order valence-corrected chi connectivity index (χ0v) is 15.7. The number of nitrogens with zero attached hydrogens (tertiary/aromatic N) is 4. The van der Waals surface area contributed by atoms with E-state index in [-0.39, 0.29) is 0 Å². The molecule has 1 aliphatic heterocycles. The predicted molar refractivity (Wildman–Crippen MR) is 108 cm³/mol. The smallest absolute Gasteiger partial charge is 0.228 e. The molecule has 1 atom stereocenters. The van der Waals surface area contributed by atoms with Crippen molar-refractivity contribution in [3.8, 4) is 0 Å². The van der Waals surface area contributed by atoms with Crippen molar-refractivity contribution >= 4 is 11.8 Å². The van der Waals surface area contributed by atoms with Gasteiger partial charge in [0.15, 0.2) is 0 Å². The number of piperidine rings is 1. The largest absolute Gasteiger partial charge is 0.309 e. The molecular formula is C22H25N5. The average molecular weight is 359 g/mol. The van der Waals surface area contributed by atoms with E-state index >= 15 is 0 Å². The van der Waals surface area contributed by atoms with E-state index in [0.29, 0.717) is 11.9 Å². The summed E-state index contributed by atoms with van der Waals surface area (Å²) < 4.78 is 0. The summed E-state index contributed by atoms with van der Waals surface area (Å²) in [5, 5.41) is 3.19. The monoisotopic (exact) mass is 359 g/mol. The highest BCUT2D eigenvalue weighted by atomic mass is 15.1. The molecule has 4 rings (SSSR count). The highest BCUT2D eigenvalue weighted by Gasteiger charge is 2.23. The summed E-state index contributed by atoms with van der Waals surface area (Å²) in [6.07, 6.45) is 5.84. The Morgan fingerprint density at radius 3 is 2.74 bits per heavy atom. The van der Waals surface area contributed by atoms with Gasteiger partial charge in [0.05, 0.1) is 0 Å². The van der Waals surface area contributed by atoms with Gasteiger partial charge in [-0.25, -0.2) is 15.0 Å². The van der Waals surface area contributed by atoms with Crippen LogP contribution in [0.5, 0.6) is 0 Å². The number of hydrogen-bond acceptors (Lipinski definition) is 5. The third-order valence-corrected chi connectivity index (χ3v) is 5.16. The van der Waals surface area contributed by atoms with Crippen LogP contribution in [-0.2, 0) is 6.54 Å². The molecule has 0 bridgehead atoms. The number of nitrogens with one attached hydrogen (secondary N) is 1. The second-order valence-corrected chi connectivity index (χ2v) is 7.15.